The van der Waals surface area contributed by atoms with Crippen molar-refractivity contribution in [3.63, 3.8) is 0 Å². The maximum Gasteiger partial charge on any atom is 0.0477 e. The Morgan fingerprint density at radius 2 is 1.78 bits per heavy atom. The molecule has 18 heavy (non-hydrogen) atoms. The summed E-state index contributed by atoms with van der Waals surface area (Å²) in [5, 5.41) is 3.39. The molecule has 0 radical (unpaired) electrons. The molecule has 2 aliphatic heterocycles. The van der Waals surface area contributed by atoms with E-state index in [1.807, 2.05) is 0 Å². The lowest BCUT2D eigenvalue weighted by Crippen LogP contribution is -2.43. The minimum atomic E-state index is 0.456. The number of hydrazine groups is 1. The van der Waals surface area contributed by atoms with Crippen molar-refractivity contribution < 1.29 is 0 Å². The first-order valence-electron chi connectivity index (χ1n) is 6.89. The van der Waals surface area contributed by atoms with E-state index in [2.05, 4.69) is 52.3 Å². The van der Waals surface area contributed by atoms with Crippen LogP contribution in [-0.2, 0) is 0 Å². The van der Waals surface area contributed by atoms with E-state index in [1.165, 1.54) is 11.3 Å². The summed E-state index contributed by atoms with van der Waals surface area (Å²) in [5.74, 6) is 0. The van der Waals surface area contributed by atoms with Crippen molar-refractivity contribution in [2.24, 2.45) is 0 Å². The highest BCUT2D eigenvalue weighted by Crippen LogP contribution is 2.24. The molecule has 4 nitrogen and oxygen atoms in total. The van der Waals surface area contributed by atoms with Crippen LogP contribution in [0.1, 0.15) is 24.9 Å². The molecule has 3 rings (SSSR count). The number of hydrogen-bond acceptors (Lipinski definition) is 4. The number of piperazine rings is 1. The molecular formula is C14H22N4. The van der Waals surface area contributed by atoms with Crippen LogP contribution in [0.15, 0.2) is 24.3 Å². The Hall–Kier alpha value is -1.10. The maximum absolute atomic E-state index is 3.39. The van der Waals surface area contributed by atoms with Crippen molar-refractivity contribution >= 4 is 5.69 Å². The van der Waals surface area contributed by atoms with Gasteiger partial charge >= 0.3 is 0 Å². The fourth-order valence-corrected chi connectivity index (χ4v) is 2.77. The molecule has 4 heteroatoms. The highest BCUT2D eigenvalue weighted by atomic mass is 15.4. The molecule has 2 saturated heterocycles. The summed E-state index contributed by atoms with van der Waals surface area (Å²) < 4.78 is 0. The van der Waals surface area contributed by atoms with E-state index in [-0.39, 0.29) is 0 Å². The number of rotatable bonds is 2. The van der Waals surface area contributed by atoms with Crippen molar-refractivity contribution in [2.75, 3.05) is 31.1 Å². The van der Waals surface area contributed by atoms with E-state index in [0.717, 1.165) is 32.6 Å². The Kier molecular flexibility index (Phi) is 3.50. The second kappa shape index (κ2) is 5.26. The summed E-state index contributed by atoms with van der Waals surface area (Å²) in [6, 6.07) is 10.0. The van der Waals surface area contributed by atoms with Crippen LogP contribution in [-0.4, -0.2) is 32.2 Å². The zero-order valence-corrected chi connectivity index (χ0v) is 10.9. The minimum absolute atomic E-state index is 0.456. The molecule has 2 fully saturated rings. The summed E-state index contributed by atoms with van der Waals surface area (Å²) >= 11 is 0. The highest BCUT2D eigenvalue weighted by molar-refractivity contribution is 5.48. The molecule has 0 aromatic heterocycles. The summed E-state index contributed by atoms with van der Waals surface area (Å²) in [6.45, 7) is 6.61. The molecule has 2 heterocycles. The van der Waals surface area contributed by atoms with Crippen LogP contribution < -0.4 is 21.1 Å². The van der Waals surface area contributed by atoms with Crippen LogP contribution >= 0.6 is 0 Å². The van der Waals surface area contributed by atoms with Crippen LogP contribution in [0.4, 0.5) is 5.69 Å². The van der Waals surface area contributed by atoms with Gasteiger partial charge in [-0.15, -0.1) is 0 Å². The van der Waals surface area contributed by atoms with Crippen LogP contribution in [0.25, 0.3) is 0 Å². The van der Waals surface area contributed by atoms with Gasteiger partial charge < -0.3 is 10.2 Å². The predicted octanol–water partition coefficient (Wildman–Crippen LogP) is 1.02. The Morgan fingerprint density at radius 3 is 2.39 bits per heavy atom. The molecule has 0 spiro atoms. The van der Waals surface area contributed by atoms with Crippen LogP contribution in [0, 0.1) is 0 Å². The zero-order valence-electron chi connectivity index (χ0n) is 10.9. The molecule has 0 bridgehead atoms. The number of nitrogens with zero attached hydrogens (tertiary/aromatic N) is 1. The third-order valence-electron chi connectivity index (χ3n) is 3.87. The van der Waals surface area contributed by atoms with Crippen LogP contribution in [0.2, 0.25) is 0 Å². The molecule has 1 aromatic rings. The van der Waals surface area contributed by atoms with E-state index in [4.69, 9.17) is 0 Å². The smallest absolute Gasteiger partial charge is 0.0477 e. The third-order valence-corrected chi connectivity index (χ3v) is 3.87. The second-order valence-electron chi connectivity index (χ2n) is 5.31. The average molecular weight is 246 g/mol. The first kappa shape index (κ1) is 12.0. The monoisotopic (exact) mass is 246 g/mol. The summed E-state index contributed by atoms with van der Waals surface area (Å²) in [4.78, 5) is 2.45. The van der Waals surface area contributed by atoms with Crippen molar-refractivity contribution in [3.8, 4) is 0 Å². The first-order chi connectivity index (χ1) is 8.83. The molecule has 98 valence electrons. The molecule has 0 aliphatic carbocycles. The normalized spacial score (nSPS) is 28.6. The van der Waals surface area contributed by atoms with Gasteiger partial charge in [0, 0.05) is 44.0 Å². The summed E-state index contributed by atoms with van der Waals surface area (Å²) in [5.41, 5.74) is 9.35. The molecule has 3 N–H and O–H groups in total. The van der Waals surface area contributed by atoms with Gasteiger partial charge in [-0.2, -0.15) is 0 Å². The number of anilines is 1. The number of hydrogen-bond donors (Lipinski definition) is 3. The molecule has 0 amide bonds. The predicted molar refractivity (Wildman–Crippen MR) is 74.6 cm³/mol. The van der Waals surface area contributed by atoms with Gasteiger partial charge in [-0.05, 0) is 31.0 Å². The van der Waals surface area contributed by atoms with Crippen molar-refractivity contribution in [2.45, 2.75) is 25.4 Å². The molecule has 2 unspecified atom stereocenters. The molecule has 0 saturated carbocycles. The van der Waals surface area contributed by atoms with Crippen LogP contribution in [0.5, 0.6) is 0 Å². The second-order valence-corrected chi connectivity index (χ2v) is 5.31. The molecule has 2 atom stereocenters. The molecule has 1 aromatic carbocycles. The fourth-order valence-electron chi connectivity index (χ4n) is 2.77. The lowest BCUT2D eigenvalue weighted by molar-refractivity contribution is 0.560. The van der Waals surface area contributed by atoms with Gasteiger partial charge in [0.25, 0.3) is 0 Å². The van der Waals surface area contributed by atoms with E-state index >= 15 is 0 Å². The molecule has 2 aliphatic rings. The Balaban J connectivity index is 1.68. The van der Waals surface area contributed by atoms with Gasteiger partial charge in [0.15, 0.2) is 0 Å². The largest absolute Gasteiger partial charge is 0.369 e. The lowest BCUT2D eigenvalue weighted by atomic mass is 10.0. The highest BCUT2D eigenvalue weighted by Gasteiger charge is 2.21. The number of benzene rings is 1. The van der Waals surface area contributed by atoms with E-state index in [0.29, 0.717) is 12.1 Å². The standard InChI is InChI=1S/C14H22N4/c1-11-10-14(17-16-11)12-2-4-13(5-3-12)18-8-6-15-7-9-18/h2-5,11,14-17H,6-10H2,1H3. The molecular weight excluding hydrogens is 224 g/mol. The fraction of sp³-hybridized carbons (Fsp3) is 0.571. The lowest BCUT2D eigenvalue weighted by Gasteiger charge is -2.29. The van der Waals surface area contributed by atoms with Crippen LogP contribution in [0.3, 0.4) is 0 Å². The van der Waals surface area contributed by atoms with Gasteiger partial charge in [0.05, 0.1) is 0 Å². The van der Waals surface area contributed by atoms with Gasteiger partial charge in [-0.1, -0.05) is 12.1 Å². The Bertz CT molecular complexity index is 360. The van der Waals surface area contributed by atoms with Crippen molar-refractivity contribution in [1.29, 1.82) is 0 Å². The minimum Gasteiger partial charge on any atom is -0.369 e. The Labute approximate surface area is 109 Å². The van der Waals surface area contributed by atoms with Gasteiger partial charge in [0.1, 0.15) is 0 Å². The third kappa shape index (κ3) is 2.51. The van der Waals surface area contributed by atoms with Gasteiger partial charge in [0.2, 0.25) is 0 Å². The average Bonchev–Trinajstić information content (AvgIpc) is 2.87. The van der Waals surface area contributed by atoms with Crippen molar-refractivity contribution in [3.05, 3.63) is 29.8 Å². The zero-order chi connectivity index (χ0) is 12.4. The van der Waals surface area contributed by atoms with E-state index < -0.39 is 0 Å². The SMILES string of the molecule is CC1CC(c2ccc(N3CCNCC3)cc2)NN1. The summed E-state index contributed by atoms with van der Waals surface area (Å²) in [6.07, 6.45) is 1.16. The summed E-state index contributed by atoms with van der Waals surface area (Å²) in [7, 11) is 0. The topological polar surface area (TPSA) is 39.3 Å². The Morgan fingerprint density at radius 1 is 1.06 bits per heavy atom. The van der Waals surface area contributed by atoms with E-state index in [1.54, 1.807) is 0 Å². The van der Waals surface area contributed by atoms with Gasteiger partial charge in [-0.3, -0.25) is 10.9 Å². The van der Waals surface area contributed by atoms with Gasteiger partial charge in [-0.25, -0.2) is 0 Å². The first-order valence-corrected chi connectivity index (χ1v) is 6.89. The number of nitrogens with one attached hydrogen (secondary N) is 3. The van der Waals surface area contributed by atoms with Crippen molar-refractivity contribution in [1.82, 2.24) is 16.2 Å². The maximum atomic E-state index is 3.39. The van der Waals surface area contributed by atoms with E-state index in [9.17, 15) is 0 Å². The quantitative estimate of drug-likeness (QED) is 0.729.